The van der Waals surface area contributed by atoms with E-state index in [0.29, 0.717) is 6.04 Å². The Labute approximate surface area is 129 Å². The van der Waals surface area contributed by atoms with Crippen molar-refractivity contribution < 1.29 is 0 Å². The topological polar surface area (TPSA) is 29.9 Å². The van der Waals surface area contributed by atoms with E-state index < -0.39 is 0 Å². The Balaban J connectivity index is 1.73. The van der Waals surface area contributed by atoms with E-state index in [1.807, 2.05) is 23.1 Å². The molecule has 1 aromatic carbocycles. The summed E-state index contributed by atoms with van der Waals surface area (Å²) >= 11 is 1.81. The average molecular weight is 297 g/mol. The maximum atomic E-state index is 4.26. The van der Waals surface area contributed by atoms with Crippen LogP contribution in [-0.4, -0.2) is 9.78 Å². The number of rotatable bonds is 6. The Bertz CT molecular complexity index is 659. The molecule has 0 saturated carbocycles. The van der Waals surface area contributed by atoms with Crippen molar-refractivity contribution >= 4 is 17.0 Å². The third-order valence-corrected chi connectivity index (χ3v) is 4.45. The molecule has 2 heterocycles. The van der Waals surface area contributed by atoms with Gasteiger partial charge in [-0.25, -0.2) is 0 Å². The summed E-state index contributed by atoms with van der Waals surface area (Å²) < 4.78 is 1.94. The molecule has 0 radical (unpaired) electrons. The van der Waals surface area contributed by atoms with Crippen LogP contribution in [0.5, 0.6) is 0 Å². The van der Waals surface area contributed by atoms with Crippen molar-refractivity contribution in [2.24, 2.45) is 0 Å². The molecule has 0 amide bonds. The average Bonchev–Trinajstić information content (AvgIpc) is 3.18. The molecule has 21 heavy (non-hydrogen) atoms. The molecule has 0 bridgehead atoms. The number of benzene rings is 1. The van der Waals surface area contributed by atoms with Crippen LogP contribution >= 0.6 is 11.3 Å². The number of anilines is 1. The van der Waals surface area contributed by atoms with E-state index in [-0.39, 0.29) is 0 Å². The first-order valence-corrected chi connectivity index (χ1v) is 8.09. The molecule has 4 heteroatoms. The molecule has 1 atom stereocenters. The lowest BCUT2D eigenvalue weighted by atomic mass is 10.1. The molecule has 0 aliphatic carbocycles. The standard InChI is InChI=1S/C17H19N3S/c1-2-16(17-8-4-11-21-17)19-15-7-3-6-14(12-15)13-20-10-5-9-18-20/h3-12,16,19H,2,13H2,1H3. The second kappa shape index (κ2) is 6.59. The van der Waals surface area contributed by atoms with Gasteiger partial charge in [0.25, 0.3) is 0 Å². The fourth-order valence-electron chi connectivity index (χ4n) is 2.41. The lowest BCUT2D eigenvalue weighted by Gasteiger charge is -2.17. The molecule has 3 nitrogen and oxygen atoms in total. The van der Waals surface area contributed by atoms with Crippen molar-refractivity contribution in [1.29, 1.82) is 0 Å². The number of nitrogens with one attached hydrogen (secondary N) is 1. The minimum Gasteiger partial charge on any atom is -0.377 e. The maximum Gasteiger partial charge on any atom is 0.0660 e. The van der Waals surface area contributed by atoms with Gasteiger partial charge in [-0.1, -0.05) is 25.1 Å². The molecule has 108 valence electrons. The van der Waals surface area contributed by atoms with Crippen molar-refractivity contribution in [2.75, 3.05) is 5.32 Å². The van der Waals surface area contributed by atoms with Crippen LogP contribution < -0.4 is 5.32 Å². The van der Waals surface area contributed by atoms with Crippen molar-refractivity contribution in [1.82, 2.24) is 9.78 Å². The summed E-state index contributed by atoms with van der Waals surface area (Å²) in [5.41, 5.74) is 2.42. The van der Waals surface area contributed by atoms with Gasteiger partial charge in [-0.15, -0.1) is 11.3 Å². The molecule has 2 aromatic heterocycles. The van der Waals surface area contributed by atoms with Gasteiger partial charge in [-0.05, 0) is 41.6 Å². The highest BCUT2D eigenvalue weighted by Gasteiger charge is 2.10. The second-order valence-electron chi connectivity index (χ2n) is 5.02. The molecule has 1 unspecified atom stereocenters. The summed E-state index contributed by atoms with van der Waals surface area (Å²) in [7, 11) is 0. The summed E-state index contributed by atoms with van der Waals surface area (Å²) in [5.74, 6) is 0. The summed E-state index contributed by atoms with van der Waals surface area (Å²) in [6.07, 6.45) is 4.87. The summed E-state index contributed by atoms with van der Waals surface area (Å²) in [5, 5.41) is 10.0. The van der Waals surface area contributed by atoms with Gasteiger partial charge in [0.2, 0.25) is 0 Å². The molecule has 3 rings (SSSR count). The molecule has 0 aliphatic rings. The lowest BCUT2D eigenvalue weighted by Crippen LogP contribution is -2.08. The maximum absolute atomic E-state index is 4.26. The van der Waals surface area contributed by atoms with Crippen LogP contribution in [0.25, 0.3) is 0 Å². The number of thiophene rings is 1. The third kappa shape index (κ3) is 3.52. The van der Waals surface area contributed by atoms with E-state index in [4.69, 9.17) is 0 Å². The zero-order chi connectivity index (χ0) is 14.5. The van der Waals surface area contributed by atoms with Gasteiger partial charge in [0.05, 0.1) is 12.6 Å². The van der Waals surface area contributed by atoms with Gasteiger partial charge in [-0.3, -0.25) is 4.68 Å². The summed E-state index contributed by atoms with van der Waals surface area (Å²) in [6, 6.07) is 15.2. The van der Waals surface area contributed by atoms with Gasteiger partial charge in [0.15, 0.2) is 0 Å². The van der Waals surface area contributed by atoms with Crippen molar-refractivity contribution in [3.63, 3.8) is 0 Å². The van der Waals surface area contributed by atoms with Gasteiger partial charge in [0.1, 0.15) is 0 Å². The zero-order valence-corrected chi connectivity index (χ0v) is 12.9. The highest BCUT2D eigenvalue weighted by molar-refractivity contribution is 7.10. The first-order valence-electron chi connectivity index (χ1n) is 7.21. The normalized spacial score (nSPS) is 12.2. The Morgan fingerprint density at radius 2 is 2.19 bits per heavy atom. The monoisotopic (exact) mass is 297 g/mol. The number of hydrogen-bond donors (Lipinski definition) is 1. The van der Waals surface area contributed by atoms with E-state index in [0.717, 1.165) is 13.0 Å². The fourth-order valence-corrected chi connectivity index (χ4v) is 3.27. The van der Waals surface area contributed by atoms with Crippen LogP contribution in [0.4, 0.5) is 5.69 Å². The Morgan fingerprint density at radius 1 is 1.24 bits per heavy atom. The van der Waals surface area contributed by atoms with E-state index in [2.05, 4.69) is 59.1 Å². The highest BCUT2D eigenvalue weighted by Crippen LogP contribution is 2.26. The van der Waals surface area contributed by atoms with Crippen LogP contribution in [0, 0.1) is 0 Å². The van der Waals surface area contributed by atoms with Crippen molar-refractivity contribution in [2.45, 2.75) is 25.9 Å². The van der Waals surface area contributed by atoms with Gasteiger partial charge in [-0.2, -0.15) is 5.10 Å². The fraction of sp³-hybridized carbons (Fsp3) is 0.235. The largest absolute Gasteiger partial charge is 0.377 e. The first kappa shape index (κ1) is 13.9. The number of aromatic nitrogens is 2. The van der Waals surface area contributed by atoms with Crippen LogP contribution in [0.2, 0.25) is 0 Å². The molecule has 1 N–H and O–H groups in total. The minimum atomic E-state index is 0.380. The quantitative estimate of drug-likeness (QED) is 0.723. The highest BCUT2D eigenvalue weighted by atomic mass is 32.1. The lowest BCUT2D eigenvalue weighted by molar-refractivity contribution is 0.686. The van der Waals surface area contributed by atoms with E-state index >= 15 is 0 Å². The minimum absolute atomic E-state index is 0.380. The van der Waals surface area contributed by atoms with E-state index in [9.17, 15) is 0 Å². The van der Waals surface area contributed by atoms with Crippen LogP contribution in [0.3, 0.4) is 0 Å². The summed E-state index contributed by atoms with van der Waals surface area (Å²) in [6.45, 7) is 3.02. The van der Waals surface area contributed by atoms with E-state index in [1.54, 1.807) is 11.3 Å². The molecular formula is C17H19N3S. The number of nitrogens with zero attached hydrogens (tertiary/aromatic N) is 2. The van der Waals surface area contributed by atoms with Crippen LogP contribution in [-0.2, 0) is 6.54 Å². The van der Waals surface area contributed by atoms with Crippen LogP contribution in [0.15, 0.2) is 60.2 Å². The predicted octanol–water partition coefficient (Wildman–Crippen LogP) is 4.56. The molecule has 0 aliphatic heterocycles. The zero-order valence-electron chi connectivity index (χ0n) is 12.1. The first-order chi connectivity index (χ1) is 10.3. The van der Waals surface area contributed by atoms with Gasteiger partial charge in [0, 0.05) is 23.0 Å². The van der Waals surface area contributed by atoms with Crippen molar-refractivity contribution in [3.8, 4) is 0 Å². The predicted molar refractivity (Wildman–Crippen MR) is 88.7 cm³/mol. The molecule has 0 spiro atoms. The third-order valence-electron chi connectivity index (χ3n) is 3.47. The molecule has 0 fully saturated rings. The Kier molecular flexibility index (Phi) is 4.36. The van der Waals surface area contributed by atoms with E-state index in [1.165, 1.54) is 16.1 Å². The van der Waals surface area contributed by atoms with Gasteiger partial charge >= 0.3 is 0 Å². The summed E-state index contributed by atoms with van der Waals surface area (Å²) in [4.78, 5) is 1.38. The second-order valence-corrected chi connectivity index (χ2v) is 6.00. The van der Waals surface area contributed by atoms with Crippen molar-refractivity contribution in [3.05, 3.63) is 70.7 Å². The Hall–Kier alpha value is -2.07. The molecule has 0 saturated heterocycles. The van der Waals surface area contributed by atoms with Gasteiger partial charge < -0.3 is 5.32 Å². The SMILES string of the molecule is CCC(Nc1cccc(Cn2cccn2)c1)c1cccs1. The Morgan fingerprint density at radius 3 is 2.90 bits per heavy atom. The van der Waals surface area contributed by atoms with Crippen LogP contribution in [0.1, 0.15) is 29.8 Å². The molecule has 3 aromatic rings. The number of hydrogen-bond acceptors (Lipinski definition) is 3. The smallest absolute Gasteiger partial charge is 0.0660 e. The molecular weight excluding hydrogens is 278 g/mol.